The van der Waals surface area contributed by atoms with E-state index < -0.39 is 0 Å². The normalized spacial score (nSPS) is 10.5. The van der Waals surface area contributed by atoms with Crippen molar-refractivity contribution in [2.45, 2.75) is 6.54 Å². The van der Waals surface area contributed by atoms with Gasteiger partial charge in [-0.1, -0.05) is 0 Å². The van der Waals surface area contributed by atoms with Crippen LogP contribution in [0, 0.1) is 5.82 Å². The SMILES string of the molecule is O=c1c(Br)cc(Br)cn1CCNc1ccc(F)cc1. The molecular weight excluding hydrogens is 379 g/mol. The van der Waals surface area contributed by atoms with Gasteiger partial charge in [0.25, 0.3) is 5.56 Å². The van der Waals surface area contributed by atoms with Crippen LogP contribution in [0.4, 0.5) is 10.1 Å². The minimum atomic E-state index is -0.266. The molecule has 0 saturated carbocycles. The van der Waals surface area contributed by atoms with Gasteiger partial charge in [-0.15, -0.1) is 0 Å². The van der Waals surface area contributed by atoms with Gasteiger partial charge in [-0.2, -0.15) is 0 Å². The Bertz CT molecular complexity index is 626. The fourth-order valence-corrected chi connectivity index (χ4v) is 2.88. The van der Waals surface area contributed by atoms with Crippen molar-refractivity contribution in [3.8, 4) is 0 Å². The molecule has 0 radical (unpaired) electrons. The third-order valence-corrected chi connectivity index (χ3v) is 3.54. The van der Waals surface area contributed by atoms with Crippen molar-refractivity contribution in [1.82, 2.24) is 4.57 Å². The molecule has 2 rings (SSSR count). The molecule has 0 fully saturated rings. The van der Waals surface area contributed by atoms with Crippen LogP contribution >= 0.6 is 31.9 Å². The summed E-state index contributed by atoms with van der Waals surface area (Å²) in [7, 11) is 0. The number of hydrogen-bond donors (Lipinski definition) is 1. The molecule has 100 valence electrons. The van der Waals surface area contributed by atoms with E-state index in [9.17, 15) is 9.18 Å². The molecule has 0 aliphatic rings. The quantitative estimate of drug-likeness (QED) is 0.866. The molecule has 1 N–H and O–H groups in total. The Morgan fingerprint density at radius 2 is 1.89 bits per heavy atom. The van der Waals surface area contributed by atoms with Crippen molar-refractivity contribution < 1.29 is 4.39 Å². The lowest BCUT2D eigenvalue weighted by Gasteiger charge is -2.09. The van der Waals surface area contributed by atoms with Crippen molar-refractivity contribution in [3.63, 3.8) is 0 Å². The second-order valence-electron chi connectivity index (χ2n) is 3.94. The Kier molecular flexibility index (Phi) is 4.76. The van der Waals surface area contributed by atoms with Gasteiger partial charge in [-0.25, -0.2) is 4.39 Å². The molecule has 2 aromatic rings. The second kappa shape index (κ2) is 6.34. The van der Waals surface area contributed by atoms with Crippen LogP contribution in [0.2, 0.25) is 0 Å². The number of aromatic nitrogens is 1. The lowest BCUT2D eigenvalue weighted by molar-refractivity contribution is 0.628. The summed E-state index contributed by atoms with van der Waals surface area (Å²) in [4.78, 5) is 11.8. The fraction of sp³-hybridized carbons (Fsp3) is 0.154. The number of nitrogens with one attached hydrogen (secondary N) is 1. The van der Waals surface area contributed by atoms with E-state index in [1.807, 2.05) is 0 Å². The number of benzene rings is 1. The lowest BCUT2D eigenvalue weighted by atomic mass is 10.3. The van der Waals surface area contributed by atoms with Crippen LogP contribution in [0.3, 0.4) is 0 Å². The van der Waals surface area contributed by atoms with Gasteiger partial charge < -0.3 is 9.88 Å². The smallest absolute Gasteiger partial charge is 0.264 e. The summed E-state index contributed by atoms with van der Waals surface area (Å²) >= 11 is 6.56. The van der Waals surface area contributed by atoms with E-state index in [1.165, 1.54) is 12.1 Å². The average molecular weight is 390 g/mol. The largest absolute Gasteiger partial charge is 0.383 e. The zero-order valence-corrected chi connectivity index (χ0v) is 13.0. The molecule has 0 atom stereocenters. The molecule has 1 aromatic carbocycles. The van der Waals surface area contributed by atoms with E-state index in [0.717, 1.165) is 10.2 Å². The van der Waals surface area contributed by atoms with E-state index in [1.54, 1.807) is 29.0 Å². The maximum atomic E-state index is 12.7. The molecule has 1 aromatic heterocycles. The molecule has 0 bridgehead atoms. The first-order chi connectivity index (χ1) is 9.06. The first kappa shape index (κ1) is 14.3. The summed E-state index contributed by atoms with van der Waals surface area (Å²) in [5.74, 6) is -0.266. The first-order valence-corrected chi connectivity index (χ1v) is 7.20. The number of halogens is 3. The second-order valence-corrected chi connectivity index (χ2v) is 5.71. The van der Waals surface area contributed by atoms with Gasteiger partial charge in [0.05, 0.1) is 4.47 Å². The van der Waals surface area contributed by atoms with Crippen LogP contribution in [0.25, 0.3) is 0 Å². The maximum absolute atomic E-state index is 12.7. The van der Waals surface area contributed by atoms with Gasteiger partial charge in [0.2, 0.25) is 0 Å². The Morgan fingerprint density at radius 3 is 2.58 bits per heavy atom. The fourth-order valence-electron chi connectivity index (χ4n) is 1.62. The standard InChI is InChI=1S/C13H11Br2FN2O/c14-9-7-12(15)13(19)18(8-9)6-5-17-11-3-1-10(16)2-4-11/h1-4,7-8,17H,5-6H2. The Morgan fingerprint density at radius 1 is 1.21 bits per heavy atom. The Labute approximate surface area is 126 Å². The van der Waals surface area contributed by atoms with Crippen molar-refractivity contribution in [1.29, 1.82) is 0 Å². The number of anilines is 1. The topological polar surface area (TPSA) is 34.0 Å². The number of hydrogen-bond acceptors (Lipinski definition) is 2. The van der Waals surface area contributed by atoms with E-state index in [4.69, 9.17) is 0 Å². The van der Waals surface area contributed by atoms with Crippen LogP contribution in [-0.4, -0.2) is 11.1 Å². The molecule has 6 heteroatoms. The highest BCUT2D eigenvalue weighted by molar-refractivity contribution is 9.11. The van der Waals surface area contributed by atoms with E-state index in [-0.39, 0.29) is 11.4 Å². The third-order valence-electron chi connectivity index (χ3n) is 2.54. The van der Waals surface area contributed by atoms with Gasteiger partial charge in [0.1, 0.15) is 5.82 Å². The van der Waals surface area contributed by atoms with Gasteiger partial charge in [-0.05, 0) is 62.2 Å². The Hall–Kier alpha value is -1.14. The lowest BCUT2D eigenvalue weighted by Crippen LogP contribution is -2.23. The van der Waals surface area contributed by atoms with Crippen LogP contribution in [0.1, 0.15) is 0 Å². The van der Waals surface area contributed by atoms with Crippen LogP contribution < -0.4 is 10.9 Å². The molecule has 0 saturated heterocycles. The molecule has 1 heterocycles. The minimum absolute atomic E-state index is 0.0795. The van der Waals surface area contributed by atoms with Crippen LogP contribution in [-0.2, 0) is 6.54 Å². The molecule has 0 spiro atoms. The summed E-state index contributed by atoms with van der Waals surface area (Å²) in [5.41, 5.74) is 0.743. The number of nitrogens with zero attached hydrogens (tertiary/aromatic N) is 1. The molecule has 0 unspecified atom stereocenters. The van der Waals surface area contributed by atoms with Gasteiger partial charge in [0.15, 0.2) is 0 Å². The predicted molar refractivity (Wildman–Crippen MR) is 81.0 cm³/mol. The molecular formula is C13H11Br2FN2O. The highest BCUT2D eigenvalue weighted by atomic mass is 79.9. The van der Waals surface area contributed by atoms with E-state index in [2.05, 4.69) is 37.2 Å². The van der Waals surface area contributed by atoms with Crippen LogP contribution in [0.15, 0.2) is 50.3 Å². The summed E-state index contributed by atoms with van der Waals surface area (Å²) in [6, 6.07) is 7.82. The highest BCUT2D eigenvalue weighted by Gasteiger charge is 2.02. The summed E-state index contributed by atoms with van der Waals surface area (Å²) in [6.07, 6.45) is 1.74. The summed E-state index contributed by atoms with van der Waals surface area (Å²) in [5, 5.41) is 3.13. The van der Waals surface area contributed by atoms with Crippen molar-refractivity contribution in [2.24, 2.45) is 0 Å². The predicted octanol–water partition coefficient (Wildman–Crippen LogP) is 3.62. The maximum Gasteiger partial charge on any atom is 0.264 e. The average Bonchev–Trinajstić information content (AvgIpc) is 2.37. The van der Waals surface area contributed by atoms with Crippen molar-refractivity contribution in [3.05, 3.63) is 61.6 Å². The van der Waals surface area contributed by atoms with Crippen LogP contribution in [0.5, 0.6) is 0 Å². The molecule has 0 aliphatic heterocycles. The monoisotopic (exact) mass is 388 g/mol. The van der Waals surface area contributed by atoms with Gasteiger partial charge in [0, 0.05) is 29.4 Å². The molecule has 0 amide bonds. The Balaban J connectivity index is 2.00. The summed E-state index contributed by atoms with van der Waals surface area (Å²) < 4.78 is 15.7. The van der Waals surface area contributed by atoms with E-state index >= 15 is 0 Å². The molecule has 3 nitrogen and oxygen atoms in total. The van der Waals surface area contributed by atoms with Gasteiger partial charge >= 0.3 is 0 Å². The molecule has 0 aliphatic carbocycles. The zero-order valence-electron chi connectivity index (χ0n) is 9.87. The highest BCUT2D eigenvalue weighted by Crippen LogP contribution is 2.13. The number of pyridine rings is 1. The number of rotatable bonds is 4. The third kappa shape index (κ3) is 3.91. The summed E-state index contributed by atoms with van der Waals surface area (Å²) in [6.45, 7) is 1.10. The first-order valence-electron chi connectivity index (χ1n) is 5.61. The molecule has 19 heavy (non-hydrogen) atoms. The van der Waals surface area contributed by atoms with Crippen molar-refractivity contribution >= 4 is 37.5 Å². The van der Waals surface area contributed by atoms with E-state index in [0.29, 0.717) is 17.6 Å². The van der Waals surface area contributed by atoms with Gasteiger partial charge in [-0.3, -0.25) is 4.79 Å². The minimum Gasteiger partial charge on any atom is -0.383 e. The van der Waals surface area contributed by atoms with Crippen molar-refractivity contribution in [2.75, 3.05) is 11.9 Å². The zero-order chi connectivity index (χ0) is 13.8.